The van der Waals surface area contributed by atoms with Crippen molar-refractivity contribution in [2.45, 2.75) is 89.6 Å². The van der Waals surface area contributed by atoms with Crippen LogP contribution < -0.4 is 0 Å². The van der Waals surface area contributed by atoms with Gasteiger partial charge in [-0.1, -0.05) is 154 Å². The van der Waals surface area contributed by atoms with E-state index >= 15 is 0 Å². The summed E-state index contributed by atoms with van der Waals surface area (Å²) in [5.41, 5.74) is 1.89. The van der Waals surface area contributed by atoms with Crippen molar-refractivity contribution in [3.05, 3.63) is 132 Å². The van der Waals surface area contributed by atoms with Crippen molar-refractivity contribution < 1.29 is 9.53 Å². The molecule has 0 aliphatic rings. The lowest BCUT2D eigenvalue weighted by molar-refractivity contribution is -0.153. The van der Waals surface area contributed by atoms with E-state index in [4.69, 9.17) is 4.74 Å². The number of ether oxygens (including phenoxy) is 1. The van der Waals surface area contributed by atoms with Crippen LogP contribution in [0.4, 0.5) is 0 Å². The van der Waals surface area contributed by atoms with Gasteiger partial charge in [-0.25, -0.2) is 0 Å². The number of carbonyl (C=O) groups excluding carboxylic acids is 1. The van der Waals surface area contributed by atoms with Gasteiger partial charge in [0.05, 0.1) is 0 Å². The molecule has 0 bridgehead atoms. The third-order valence-corrected chi connectivity index (χ3v) is 7.14. The second-order valence-electron chi connectivity index (χ2n) is 10.2. The van der Waals surface area contributed by atoms with Gasteiger partial charge in [-0.05, 0) is 38.5 Å². The van der Waals surface area contributed by atoms with E-state index in [1.54, 1.807) is 0 Å². The van der Waals surface area contributed by atoms with E-state index in [-0.39, 0.29) is 5.97 Å². The zero-order valence-corrected chi connectivity index (χ0v) is 23.8. The van der Waals surface area contributed by atoms with Crippen molar-refractivity contribution in [3.63, 3.8) is 0 Å². The molecule has 3 aromatic carbocycles. The third-order valence-electron chi connectivity index (χ3n) is 7.14. The predicted molar refractivity (Wildman–Crippen MR) is 165 cm³/mol. The third kappa shape index (κ3) is 10.0. The van der Waals surface area contributed by atoms with Crippen LogP contribution in [0.15, 0.2) is 115 Å². The van der Waals surface area contributed by atoms with Crippen LogP contribution in [0.2, 0.25) is 0 Å². The van der Waals surface area contributed by atoms with Gasteiger partial charge in [-0.2, -0.15) is 0 Å². The summed E-state index contributed by atoms with van der Waals surface area (Å²) in [5.74, 6) is -0.155. The molecule has 0 saturated heterocycles. The minimum absolute atomic E-state index is 0.155. The van der Waals surface area contributed by atoms with Crippen molar-refractivity contribution in [1.29, 1.82) is 0 Å². The summed E-state index contributed by atoms with van der Waals surface area (Å²) in [6.07, 6.45) is 22.4. The summed E-state index contributed by atoms with van der Waals surface area (Å²) in [5, 5.41) is 0. The Morgan fingerprint density at radius 3 is 1.51 bits per heavy atom. The number of benzene rings is 3. The molecule has 0 aliphatic heterocycles. The number of unbranched alkanes of at least 4 members (excludes halogenated alkanes) is 8. The molecule has 39 heavy (non-hydrogen) atoms. The standard InChI is InChI=1S/C37H46O2/c1-2-3-4-5-6-7-8-9-10-11-12-13-14-15-25-32-36(38)39-37(33-26-19-16-20-27-33,34-28-21-17-22-29-34)35-30-23-18-24-31-35/h6-7,9-10,16-24,26-31H,2-5,8,11-15,25,32H2,1H3/b7-6-,10-9-. The lowest BCUT2D eigenvalue weighted by Crippen LogP contribution is -2.35. The van der Waals surface area contributed by atoms with Gasteiger partial charge in [-0.3, -0.25) is 4.79 Å². The molecule has 0 amide bonds. The van der Waals surface area contributed by atoms with Crippen LogP contribution in [0.25, 0.3) is 0 Å². The SMILES string of the molecule is CCCCC/C=C\C/C=C\CCCCCCCC(=O)OC(c1ccccc1)(c1ccccc1)c1ccccc1. The van der Waals surface area contributed by atoms with Crippen molar-refractivity contribution in [1.82, 2.24) is 0 Å². The second-order valence-corrected chi connectivity index (χ2v) is 10.2. The molecule has 0 radical (unpaired) electrons. The molecule has 0 heterocycles. The Kier molecular flexibility index (Phi) is 13.9. The molecule has 206 valence electrons. The normalized spacial score (nSPS) is 11.8. The van der Waals surface area contributed by atoms with Gasteiger partial charge in [0.1, 0.15) is 0 Å². The van der Waals surface area contributed by atoms with Gasteiger partial charge in [0, 0.05) is 23.1 Å². The minimum Gasteiger partial charge on any atom is -0.444 e. The zero-order chi connectivity index (χ0) is 27.4. The summed E-state index contributed by atoms with van der Waals surface area (Å²) in [6.45, 7) is 2.25. The maximum atomic E-state index is 13.3. The molecule has 3 rings (SSSR count). The van der Waals surface area contributed by atoms with E-state index in [2.05, 4.69) is 31.2 Å². The molecular weight excluding hydrogens is 476 g/mol. The highest BCUT2D eigenvalue weighted by Crippen LogP contribution is 2.40. The Morgan fingerprint density at radius 2 is 1.03 bits per heavy atom. The maximum Gasteiger partial charge on any atom is 0.307 e. The summed E-state index contributed by atoms with van der Waals surface area (Å²) < 4.78 is 6.46. The Morgan fingerprint density at radius 1 is 0.590 bits per heavy atom. The van der Waals surface area contributed by atoms with Crippen LogP contribution in [0.5, 0.6) is 0 Å². The minimum atomic E-state index is -0.974. The first-order chi connectivity index (χ1) is 19.3. The topological polar surface area (TPSA) is 26.3 Å². The van der Waals surface area contributed by atoms with Gasteiger partial charge < -0.3 is 4.74 Å². The van der Waals surface area contributed by atoms with E-state index in [9.17, 15) is 4.79 Å². The first-order valence-electron chi connectivity index (χ1n) is 15.0. The number of allylic oxidation sites excluding steroid dienone is 4. The summed E-state index contributed by atoms with van der Waals surface area (Å²) >= 11 is 0. The number of hydrogen-bond acceptors (Lipinski definition) is 2. The number of hydrogen-bond donors (Lipinski definition) is 0. The lowest BCUT2D eigenvalue weighted by Gasteiger charge is -2.35. The van der Waals surface area contributed by atoms with Crippen molar-refractivity contribution >= 4 is 5.97 Å². The molecule has 0 atom stereocenters. The number of carbonyl (C=O) groups is 1. The highest BCUT2D eigenvalue weighted by Gasteiger charge is 2.40. The molecule has 0 unspecified atom stereocenters. The van der Waals surface area contributed by atoms with E-state index in [0.29, 0.717) is 6.42 Å². The quantitative estimate of drug-likeness (QED) is 0.0719. The maximum absolute atomic E-state index is 13.3. The van der Waals surface area contributed by atoms with E-state index < -0.39 is 5.60 Å². The monoisotopic (exact) mass is 522 g/mol. The highest BCUT2D eigenvalue weighted by molar-refractivity contribution is 5.72. The molecule has 2 nitrogen and oxygen atoms in total. The fourth-order valence-electron chi connectivity index (χ4n) is 5.00. The van der Waals surface area contributed by atoms with E-state index in [1.165, 1.54) is 38.5 Å². The molecular formula is C37H46O2. The van der Waals surface area contributed by atoms with Crippen LogP contribution in [0.1, 0.15) is 101 Å². The zero-order valence-electron chi connectivity index (χ0n) is 23.8. The summed E-state index contributed by atoms with van der Waals surface area (Å²) in [6, 6.07) is 30.3. The smallest absolute Gasteiger partial charge is 0.307 e. The fourth-order valence-corrected chi connectivity index (χ4v) is 5.00. The average Bonchev–Trinajstić information content (AvgIpc) is 2.99. The van der Waals surface area contributed by atoms with Gasteiger partial charge >= 0.3 is 5.97 Å². The summed E-state index contributed by atoms with van der Waals surface area (Å²) in [4.78, 5) is 13.3. The molecule has 0 spiro atoms. The highest BCUT2D eigenvalue weighted by atomic mass is 16.6. The van der Waals surface area contributed by atoms with E-state index in [1.807, 2.05) is 91.0 Å². The van der Waals surface area contributed by atoms with Crippen LogP contribution in [0, 0.1) is 0 Å². The average molecular weight is 523 g/mol. The van der Waals surface area contributed by atoms with Gasteiger partial charge in [0.15, 0.2) is 5.60 Å². The van der Waals surface area contributed by atoms with Gasteiger partial charge in [0.2, 0.25) is 0 Å². The first kappa shape index (κ1) is 30.2. The number of rotatable bonds is 18. The molecule has 2 heteroatoms. The first-order valence-corrected chi connectivity index (χ1v) is 15.0. The van der Waals surface area contributed by atoms with Crippen LogP contribution in [-0.4, -0.2) is 5.97 Å². The molecule has 0 fully saturated rings. The Bertz CT molecular complexity index is 1000. The molecule has 0 N–H and O–H groups in total. The fraction of sp³-hybridized carbons (Fsp3) is 0.378. The largest absolute Gasteiger partial charge is 0.444 e. The van der Waals surface area contributed by atoms with Crippen LogP contribution in [-0.2, 0) is 15.1 Å². The van der Waals surface area contributed by atoms with E-state index in [0.717, 1.165) is 48.8 Å². The van der Waals surface area contributed by atoms with Crippen LogP contribution >= 0.6 is 0 Å². The molecule has 0 aliphatic carbocycles. The van der Waals surface area contributed by atoms with Gasteiger partial charge in [-0.15, -0.1) is 0 Å². The molecule has 3 aromatic rings. The lowest BCUT2D eigenvalue weighted by atomic mass is 9.80. The Labute approximate surface area is 236 Å². The van der Waals surface area contributed by atoms with Crippen LogP contribution in [0.3, 0.4) is 0 Å². The second kappa shape index (κ2) is 18.0. The molecule has 0 saturated carbocycles. The Hall–Kier alpha value is -3.39. The molecule has 0 aromatic heterocycles. The predicted octanol–water partition coefficient (Wildman–Crippen LogP) is 10.3. The number of esters is 1. The van der Waals surface area contributed by atoms with Crippen molar-refractivity contribution in [2.24, 2.45) is 0 Å². The van der Waals surface area contributed by atoms with Gasteiger partial charge in [0.25, 0.3) is 0 Å². The van der Waals surface area contributed by atoms with Crippen molar-refractivity contribution in [2.75, 3.05) is 0 Å². The van der Waals surface area contributed by atoms with Crippen molar-refractivity contribution in [3.8, 4) is 0 Å². The summed E-state index contributed by atoms with van der Waals surface area (Å²) in [7, 11) is 0. The Balaban J connectivity index is 1.48.